The topological polar surface area (TPSA) is 21.7 Å². The number of rotatable bonds is 4. The Morgan fingerprint density at radius 3 is 1.58 bits per heavy atom. The van der Waals surface area contributed by atoms with Crippen LogP contribution in [0.2, 0.25) is 0 Å². The molecule has 3 nitrogen and oxygen atoms in total. The monoisotopic (exact) mass is 733 g/mol. The van der Waals surface area contributed by atoms with Crippen LogP contribution in [0.4, 0.5) is 17.1 Å². The summed E-state index contributed by atoms with van der Waals surface area (Å²) in [6.45, 7) is 13.9. The lowest BCUT2D eigenvalue weighted by molar-refractivity contribution is 0.419. The SMILES string of the molecule is CC1(C)c2ccccc2Oc2c(-c3ccc(N(c4cccc5c4Oc4ccccc4C5(C)C)c4cccc5c4Sc4ccccc4C5(C)C)cc3)cccc21. The summed E-state index contributed by atoms with van der Waals surface area (Å²) in [5, 5.41) is 0. The van der Waals surface area contributed by atoms with Crippen molar-refractivity contribution in [3.63, 3.8) is 0 Å². The molecule has 0 aromatic heterocycles. The summed E-state index contributed by atoms with van der Waals surface area (Å²) in [6, 6.07) is 54.7. The second kappa shape index (κ2) is 12.1. The first-order valence-corrected chi connectivity index (χ1v) is 20.0. The van der Waals surface area contributed by atoms with Gasteiger partial charge >= 0.3 is 0 Å². The first-order valence-electron chi connectivity index (χ1n) is 19.2. The van der Waals surface area contributed by atoms with Crippen LogP contribution in [0.3, 0.4) is 0 Å². The fraction of sp³-hybridized carbons (Fsp3) is 0.176. The number of anilines is 3. The minimum Gasteiger partial charge on any atom is -0.456 e. The molecule has 7 aromatic carbocycles. The average Bonchev–Trinajstić information content (AvgIpc) is 3.19. The van der Waals surface area contributed by atoms with E-state index in [1.807, 2.05) is 11.8 Å². The number of para-hydroxylation sites is 4. The van der Waals surface area contributed by atoms with Gasteiger partial charge in [0.15, 0.2) is 5.75 Å². The van der Waals surface area contributed by atoms with Crippen molar-refractivity contribution in [2.75, 3.05) is 4.90 Å². The van der Waals surface area contributed by atoms with Gasteiger partial charge in [0.25, 0.3) is 0 Å². The van der Waals surface area contributed by atoms with Crippen molar-refractivity contribution in [2.45, 2.75) is 67.6 Å². The molecule has 0 aliphatic carbocycles. The Morgan fingerprint density at radius 2 is 0.909 bits per heavy atom. The van der Waals surface area contributed by atoms with Crippen LogP contribution in [0.25, 0.3) is 11.1 Å². The molecule has 0 fully saturated rings. The smallest absolute Gasteiger partial charge is 0.155 e. The van der Waals surface area contributed by atoms with E-state index in [1.54, 1.807) is 0 Å². The fourth-order valence-corrected chi connectivity index (χ4v) is 10.6. The van der Waals surface area contributed by atoms with E-state index in [-0.39, 0.29) is 16.2 Å². The Bertz CT molecular complexity index is 2560. The molecule has 0 N–H and O–H groups in total. The molecule has 0 amide bonds. The van der Waals surface area contributed by atoms with Gasteiger partial charge in [-0.3, -0.25) is 0 Å². The maximum absolute atomic E-state index is 6.95. The predicted octanol–water partition coefficient (Wildman–Crippen LogP) is 14.5. The largest absolute Gasteiger partial charge is 0.456 e. The highest BCUT2D eigenvalue weighted by atomic mass is 32.2. The van der Waals surface area contributed by atoms with Crippen molar-refractivity contribution in [1.29, 1.82) is 0 Å². The Labute approximate surface area is 328 Å². The lowest BCUT2D eigenvalue weighted by Gasteiger charge is -2.39. The van der Waals surface area contributed by atoms with Crippen LogP contribution >= 0.6 is 11.8 Å². The van der Waals surface area contributed by atoms with Gasteiger partial charge in [-0.15, -0.1) is 0 Å². The van der Waals surface area contributed by atoms with E-state index < -0.39 is 0 Å². The normalized spacial score (nSPS) is 16.1. The molecule has 10 rings (SSSR count). The van der Waals surface area contributed by atoms with Gasteiger partial charge in [0.1, 0.15) is 17.2 Å². The zero-order valence-electron chi connectivity index (χ0n) is 32.1. The second-order valence-electron chi connectivity index (χ2n) is 16.5. The number of fused-ring (bicyclic) bond motifs is 6. The molecule has 0 bridgehead atoms. The maximum atomic E-state index is 6.95. The molecule has 55 heavy (non-hydrogen) atoms. The Morgan fingerprint density at radius 1 is 0.418 bits per heavy atom. The average molecular weight is 734 g/mol. The van der Waals surface area contributed by atoms with E-state index in [4.69, 9.17) is 9.47 Å². The molecule has 4 heteroatoms. The quantitative estimate of drug-likeness (QED) is 0.180. The summed E-state index contributed by atoms with van der Waals surface area (Å²) in [6.07, 6.45) is 0. The first kappa shape index (κ1) is 33.8. The van der Waals surface area contributed by atoms with Crippen molar-refractivity contribution in [3.8, 4) is 34.1 Å². The first-order chi connectivity index (χ1) is 26.5. The van der Waals surface area contributed by atoms with Crippen LogP contribution < -0.4 is 14.4 Å². The third kappa shape index (κ3) is 5.04. The summed E-state index contributed by atoms with van der Waals surface area (Å²) >= 11 is 1.87. The molecule has 0 saturated carbocycles. The molecule has 0 atom stereocenters. The number of hydrogen-bond donors (Lipinski definition) is 0. The van der Waals surface area contributed by atoms with Gasteiger partial charge in [-0.05, 0) is 59.2 Å². The van der Waals surface area contributed by atoms with E-state index in [9.17, 15) is 0 Å². The summed E-state index contributed by atoms with van der Waals surface area (Å²) in [7, 11) is 0. The molecular formula is C51H43NO2S. The highest BCUT2D eigenvalue weighted by molar-refractivity contribution is 7.99. The minimum atomic E-state index is -0.250. The van der Waals surface area contributed by atoms with E-state index in [2.05, 4.69) is 198 Å². The Hall–Kier alpha value is -5.71. The standard InChI is InChI=1S/C51H43NO2S/c1-49(2)35-17-7-10-25-43(35)53-46-34(16-13-20-38(46)49)32-28-30-33(31-29-32)52(41-23-14-21-39-47(41)54-44-26-11-8-18-36(44)50(39,3)4)42-24-15-22-40-48(42)55-45-27-12-9-19-37(45)51(40,5)6/h7-31H,1-6H3. The molecule has 3 aliphatic heterocycles. The van der Waals surface area contributed by atoms with Gasteiger partial charge in [-0.2, -0.15) is 0 Å². The maximum Gasteiger partial charge on any atom is 0.155 e. The summed E-state index contributed by atoms with van der Waals surface area (Å²) < 4.78 is 13.7. The fourth-order valence-electron chi connectivity index (χ4n) is 9.15. The third-order valence-corrected chi connectivity index (χ3v) is 13.5. The number of benzene rings is 7. The molecular weight excluding hydrogens is 691 g/mol. The summed E-state index contributed by atoms with van der Waals surface area (Å²) in [5.74, 6) is 3.64. The minimum absolute atomic E-state index is 0.172. The molecule has 0 saturated heterocycles. The summed E-state index contributed by atoms with van der Waals surface area (Å²) in [5.41, 5.74) is 12.2. The summed E-state index contributed by atoms with van der Waals surface area (Å²) in [4.78, 5) is 4.97. The van der Waals surface area contributed by atoms with Crippen LogP contribution in [0.5, 0.6) is 23.0 Å². The molecule has 270 valence electrons. The van der Waals surface area contributed by atoms with Crippen molar-refractivity contribution in [3.05, 3.63) is 185 Å². The highest BCUT2D eigenvalue weighted by Gasteiger charge is 2.39. The lowest BCUT2D eigenvalue weighted by atomic mass is 9.75. The van der Waals surface area contributed by atoms with E-state index in [1.165, 1.54) is 43.2 Å². The van der Waals surface area contributed by atoms with Gasteiger partial charge in [0, 0.05) is 59.5 Å². The van der Waals surface area contributed by atoms with E-state index >= 15 is 0 Å². The van der Waals surface area contributed by atoms with Crippen molar-refractivity contribution >= 4 is 28.8 Å². The molecule has 7 aromatic rings. The van der Waals surface area contributed by atoms with Crippen molar-refractivity contribution < 1.29 is 9.47 Å². The van der Waals surface area contributed by atoms with Crippen LogP contribution in [-0.2, 0) is 16.2 Å². The van der Waals surface area contributed by atoms with E-state index in [0.29, 0.717) is 0 Å². The van der Waals surface area contributed by atoms with Crippen LogP contribution in [-0.4, -0.2) is 0 Å². The lowest BCUT2D eigenvalue weighted by Crippen LogP contribution is -2.26. The van der Waals surface area contributed by atoms with E-state index in [0.717, 1.165) is 51.2 Å². The van der Waals surface area contributed by atoms with Crippen LogP contribution in [0.15, 0.2) is 161 Å². The van der Waals surface area contributed by atoms with Gasteiger partial charge in [-0.1, -0.05) is 162 Å². The van der Waals surface area contributed by atoms with Gasteiger partial charge < -0.3 is 14.4 Å². The van der Waals surface area contributed by atoms with Crippen LogP contribution in [0.1, 0.15) is 74.9 Å². The van der Waals surface area contributed by atoms with Gasteiger partial charge in [-0.25, -0.2) is 0 Å². The molecule has 0 unspecified atom stereocenters. The number of hydrogen-bond acceptors (Lipinski definition) is 4. The van der Waals surface area contributed by atoms with Crippen molar-refractivity contribution in [2.24, 2.45) is 0 Å². The Kier molecular flexibility index (Phi) is 7.47. The predicted molar refractivity (Wildman–Crippen MR) is 227 cm³/mol. The van der Waals surface area contributed by atoms with Gasteiger partial charge in [0.05, 0.1) is 11.4 Å². The molecule has 0 radical (unpaired) electrons. The number of nitrogens with zero attached hydrogens (tertiary/aromatic N) is 1. The second-order valence-corrected chi connectivity index (χ2v) is 17.6. The van der Waals surface area contributed by atoms with Gasteiger partial charge in [0.2, 0.25) is 0 Å². The molecule has 0 spiro atoms. The third-order valence-electron chi connectivity index (χ3n) is 12.3. The number of ether oxygens (including phenoxy) is 2. The zero-order chi connectivity index (χ0) is 37.7. The molecule has 3 aliphatic rings. The zero-order valence-corrected chi connectivity index (χ0v) is 32.9. The Balaban J connectivity index is 1.15. The van der Waals surface area contributed by atoms with Crippen molar-refractivity contribution in [1.82, 2.24) is 0 Å². The highest BCUT2D eigenvalue weighted by Crippen LogP contribution is 2.58. The van der Waals surface area contributed by atoms with Crippen LogP contribution in [0, 0.1) is 0 Å². The molecule has 3 heterocycles.